The molecule has 0 N–H and O–H groups in total. The molecule has 1 amide bonds. The standard InChI is InChI=1S/C23H27N3O/c1-16-13-18(5-9-24-16)21-4-2-3-20-15-26(23(27)22(20)21)12-8-19-14-25-10-6-17(19)7-11-25/h2-5,9,13,17,19H,6-8,10-12,14-15H2,1H3/t19-/m1/s1. The SMILES string of the molecule is Cc1cc(-c2cccc3c2C(=O)N(CC[C@@H]2CN4CCC2CC4)C3)ccn1. The largest absolute Gasteiger partial charge is 0.334 e. The van der Waals surface area contributed by atoms with E-state index in [-0.39, 0.29) is 5.91 Å². The number of aromatic nitrogens is 1. The summed E-state index contributed by atoms with van der Waals surface area (Å²) in [4.78, 5) is 22.2. The molecule has 4 heteroatoms. The number of fused-ring (bicyclic) bond motifs is 4. The molecule has 0 saturated carbocycles. The van der Waals surface area contributed by atoms with Gasteiger partial charge in [-0.2, -0.15) is 0 Å². The van der Waals surface area contributed by atoms with Crippen molar-refractivity contribution in [1.29, 1.82) is 0 Å². The quantitative estimate of drug-likeness (QED) is 0.832. The minimum atomic E-state index is 0.205. The van der Waals surface area contributed by atoms with Gasteiger partial charge in [-0.25, -0.2) is 0 Å². The van der Waals surface area contributed by atoms with E-state index in [1.54, 1.807) is 0 Å². The van der Waals surface area contributed by atoms with Gasteiger partial charge in [0.25, 0.3) is 5.91 Å². The third-order valence-electron chi connectivity index (χ3n) is 6.78. The molecule has 1 atom stereocenters. The van der Waals surface area contributed by atoms with Crippen LogP contribution >= 0.6 is 0 Å². The van der Waals surface area contributed by atoms with Gasteiger partial charge in [-0.1, -0.05) is 18.2 Å². The van der Waals surface area contributed by atoms with Gasteiger partial charge in [0.2, 0.25) is 0 Å². The highest BCUT2D eigenvalue weighted by atomic mass is 16.2. The molecular weight excluding hydrogens is 334 g/mol. The Morgan fingerprint density at radius 1 is 1.19 bits per heavy atom. The summed E-state index contributed by atoms with van der Waals surface area (Å²) < 4.78 is 0. The van der Waals surface area contributed by atoms with Crippen molar-refractivity contribution in [2.45, 2.75) is 32.7 Å². The van der Waals surface area contributed by atoms with Crippen LogP contribution in [0.15, 0.2) is 36.5 Å². The fourth-order valence-electron chi connectivity index (χ4n) is 5.29. The van der Waals surface area contributed by atoms with E-state index in [1.807, 2.05) is 19.2 Å². The fourth-order valence-corrected chi connectivity index (χ4v) is 5.29. The van der Waals surface area contributed by atoms with Crippen molar-refractivity contribution in [2.24, 2.45) is 11.8 Å². The van der Waals surface area contributed by atoms with Crippen molar-refractivity contribution in [1.82, 2.24) is 14.8 Å². The maximum absolute atomic E-state index is 13.2. The van der Waals surface area contributed by atoms with E-state index in [9.17, 15) is 4.79 Å². The van der Waals surface area contributed by atoms with E-state index in [0.717, 1.165) is 53.7 Å². The molecule has 0 spiro atoms. The number of hydrogen-bond donors (Lipinski definition) is 0. The molecular formula is C23H27N3O. The normalized spacial score (nSPS) is 26.5. The zero-order chi connectivity index (χ0) is 18.4. The first-order valence-corrected chi connectivity index (χ1v) is 10.3. The predicted molar refractivity (Wildman–Crippen MR) is 106 cm³/mol. The Balaban J connectivity index is 1.34. The van der Waals surface area contributed by atoms with Gasteiger partial charge in [0.15, 0.2) is 0 Å². The maximum Gasteiger partial charge on any atom is 0.255 e. The van der Waals surface area contributed by atoms with Gasteiger partial charge >= 0.3 is 0 Å². The number of hydrogen-bond acceptors (Lipinski definition) is 3. The van der Waals surface area contributed by atoms with Gasteiger partial charge in [0.05, 0.1) is 5.56 Å². The smallest absolute Gasteiger partial charge is 0.255 e. The van der Waals surface area contributed by atoms with E-state index in [2.05, 4.69) is 39.0 Å². The molecule has 4 aliphatic rings. The van der Waals surface area contributed by atoms with E-state index in [0.29, 0.717) is 0 Å². The van der Waals surface area contributed by atoms with Gasteiger partial charge in [-0.15, -0.1) is 0 Å². The molecule has 3 saturated heterocycles. The molecule has 2 bridgehead atoms. The van der Waals surface area contributed by atoms with Gasteiger partial charge in [-0.3, -0.25) is 9.78 Å². The summed E-state index contributed by atoms with van der Waals surface area (Å²) in [6, 6.07) is 10.3. The van der Waals surface area contributed by atoms with Crippen LogP contribution in [0, 0.1) is 18.8 Å². The Bertz CT molecular complexity index is 870. The van der Waals surface area contributed by atoms with Crippen LogP contribution in [0.5, 0.6) is 0 Å². The van der Waals surface area contributed by atoms with E-state index in [1.165, 1.54) is 38.0 Å². The van der Waals surface area contributed by atoms with Crippen LogP contribution in [0.2, 0.25) is 0 Å². The van der Waals surface area contributed by atoms with Crippen LogP contribution in [0.25, 0.3) is 11.1 Å². The van der Waals surface area contributed by atoms with E-state index in [4.69, 9.17) is 0 Å². The second-order valence-corrected chi connectivity index (χ2v) is 8.44. The molecule has 1 aromatic carbocycles. The minimum absolute atomic E-state index is 0.205. The van der Waals surface area contributed by atoms with Gasteiger partial charge < -0.3 is 9.80 Å². The van der Waals surface area contributed by atoms with Crippen LogP contribution in [0.1, 0.15) is 40.9 Å². The van der Waals surface area contributed by atoms with Gasteiger partial charge in [0.1, 0.15) is 0 Å². The highest BCUT2D eigenvalue weighted by molar-refractivity contribution is 6.04. The molecule has 0 aliphatic carbocycles. The van der Waals surface area contributed by atoms with Crippen LogP contribution in [0.3, 0.4) is 0 Å². The number of amides is 1. The second-order valence-electron chi connectivity index (χ2n) is 8.44. The highest BCUT2D eigenvalue weighted by Gasteiger charge is 2.35. The average Bonchev–Trinajstić information content (AvgIpc) is 3.03. The van der Waals surface area contributed by atoms with Crippen LogP contribution in [-0.4, -0.2) is 46.9 Å². The summed E-state index contributed by atoms with van der Waals surface area (Å²) in [6.07, 6.45) is 5.67. The lowest BCUT2D eigenvalue weighted by Crippen LogP contribution is -2.48. The van der Waals surface area contributed by atoms with Gasteiger partial charge in [0, 0.05) is 31.5 Å². The van der Waals surface area contributed by atoms with Crippen LogP contribution in [-0.2, 0) is 6.54 Å². The van der Waals surface area contributed by atoms with Crippen LogP contribution < -0.4 is 0 Å². The van der Waals surface area contributed by atoms with Crippen molar-refractivity contribution >= 4 is 5.91 Å². The number of carbonyl (C=O) groups excluding carboxylic acids is 1. The zero-order valence-electron chi connectivity index (χ0n) is 16.0. The first-order chi connectivity index (χ1) is 13.2. The first kappa shape index (κ1) is 16.9. The number of pyridine rings is 1. The van der Waals surface area contributed by atoms with Crippen molar-refractivity contribution in [2.75, 3.05) is 26.2 Å². The van der Waals surface area contributed by atoms with Gasteiger partial charge in [-0.05, 0) is 79.9 Å². The Labute approximate surface area is 161 Å². The van der Waals surface area contributed by atoms with Crippen molar-refractivity contribution in [3.05, 3.63) is 53.3 Å². The lowest BCUT2D eigenvalue weighted by Gasteiger charge is -2.45. The molecule has 2 aromatic rings. The van der Waals surface area contributed by atoms with Crippen LogP contribution in [0.4, 0.5) is 0 Å². The summed E-state index contributed by atoms with van der Waals surface area (Å²) in [6.45, 7) is 7.44. The number of carbonyl (C=O) groups is 1. The lowest BCUT2D eigenvalue weighted by atomic mass is 9.77. The second kappa shape index (κ2) is 6.75. The molecule has 0 unspecified atom stereocenters. The third-order valence-corrected chi connectivity index (χ3v) is 6.78. The minimum Gasteiger partial charge on any atom is -0.334 e. The molecule has 1 aromatic heterocycles. The number of piperidine rings is 3. The van der Waals surface area contributed by atoms with E-state index >= 15 is 0 Å². The Kier molecular flexibility index (Phi) is 4.24. The molecule has 6 rings (SSSR count). The molecule has 3 fully saturated rings. The monoisotopic (exact) mass is 361 g/mol. The third kappa shape index (κ3) is 3.06. The highest BCUT2D eigenvalue weighted by Crippen LogP contribution is 2.36. The summed E-state index contributed by atoms with van der Waals surface area (Å²) in [5, 5.41) is 0. The molecule has 27 heavy (non-hydrogen) atoms. The van der Waals surface area contributed by atoms with Crippen molar-refractivity contribution in [3.8, 4) is 11.1 Å². The Hall–Kier alpha value is -2.20. The molecule has 5 heterocycles. The number of benzene rings is 1. The summed E-state index contributed by atoms with van der Waals surface area (Å²) >= 11 is 0. The zero-order valence-corrected chi connectivity index (χ0v) is 16.0. The summed E-state index contributed by atoms with van der Waals surface area (Å²) in [5.41, 5.74) is 5.19. The predicted octanol–water partition coefficient (Wildman–Crippen LogP) is 3.74. The maximum atomic E-state index is 13.2. The lowest BCUT2D eigenvalue weighted by molar-refractivity contribution is 0.0395. The summed E-state index contributed by atoms with van der Waals surface area (Å²) in [7, 11) is 0. The van der Waals surface area contributed by atoms with E-state index < -0.39 is 0 Å². The number of rotatable bonds is 4. The first-order valence-electron chi connectivity index (χ1n) is 10.3. The number of nitrogens with zero attached hydrogens (tertiary/aromatic N) is 3. The van der Waals surface area contributed by atoms with Crippen molar-refractivity contribution < 1.29 is 4.79 Å². The molecule has 0 radical (unpaired) electrons. The Morgan fingerprint density at radius 3 is 2.78 bits per heavy atom. The van der Waals surface area contributed by atoms with Crippen molar-refractivity contribution in [3.63, 3.8) is 0 Å². The number of aryl methyl sites for hydroxylation is 1. The Morgan fingerprint density at radius 2 is 2.04 bits per heavy atom. The molecule has 4 nitrogen and oxygen atoms in total. The summed E-state index contributed by atoms with van der Waals surface area (Å²) in [5.74, 6) is 1.85. The average molecular weight is 361 g/mol. The molecule has 4 aliphatic heterocycles. The molecule has 140 valence electrons. The topological polar surface area (TPSA) is 36.4 Å². The fraction of sp³-hybridized carbons (Fsp3) is 0.478.